The van der Waals surface area contributed by atoms with Gasteiger partial charge in [-0.1, -0.05) is 13.8 Å². The van der Waals surface area contributed by atoms with Crippen LogP contribution in [0.15, 0.2) is 0 Å². The van der Waals surface area contributed by atoms with Gasteiger partial charge in [0.15, 0.2) is 5.81 Å². The summed E-state index contributed by atoms with van der Waals surface area (Å²) in [6, 6.07) is 0.0310. The molecule has 2 atom stereocenters. The average molecular weight is 274 g/mol. The first-order chi connectivity index (χ1) is 8.14. The Morgan fingerprint density at radius 3 is 1.83 bits per heavy atom. The van der Waals surface area contributed by atoms with Crippen molar-refractivity contribution in [3.8, 4) is 5.81 Å². The molecule has 0 fully saturated rings. The third-order valence-corrected chi connectivity index (χ3v) is 5.04. The number of nitriles is 1. The molecule has 0 aliphatic heterocycles. The Kier molecular flexibility index (Phi) is 7.14. The maximum Gasteiger partial charge on any atom is 0.371 e. The Hall–Kier alpha value is -0.360. The number of nitrogens with zero attached hydrogens (tertiary/aromatic N) is 2. The highest BCUT2D eigenvalue weighted by Crippen LogP contribution is 2.53. The SMILES string of the molecule is CC(C)CC(C)OP(=O)(C#N)N(C(C)C)C(C)C. The summed E-state index contributed by atoms with van der Waals surface area (Å²) in [4.78, 5) is 0. The molecule has 2 unspecified atom stereocenters. The van der Waals surface area contributed by atoms with Crippen molar-refractivity contribution in [2.24, 2.45) is 5.92 Å². The normalized spacial score (nSPS) is 17.2. The van der Waals surface area contributed by atoms with E-state index in [0.717, 1.165) is 6.42 Å². The lowest BCUT2D eigenvalue weighted by Crippen LogP contribution is -2.35. The van der Waals surface area contributed by atoms with Gasteiger partial charge in [0.1, 0.15) is 0 Å². The molecule has 0 aromatic rings. The highest BCUT2D eigenvalue weighted by atomic mass is 31.2. The lowest BCUT2D eigenvalue weighted by molar-refractivity contribution is 0.159. The first-order valence-corrected chi connectivity index (χ1v) is 8.20. The summed E-state index contributed by atoms with van der Waals surface area (Å²) in [6.45, 7) is 13.8. The number of rotatable bonds is 7. The maximum absolute atomic E-state index is 12.7. The summed E-state index contributed by atoms with van der Waals surface area (Å²) in [5.41, 5.74) is 0. The molecule has 18 heavy (non-hydrogen) atoms. The van der Waals surface area contributed by atoms with E-state index in [0.29, 0.717) is 5.92 Å². The molecule has 0 amide bonds. The molecule has 106 valence electrons. The van der Waals surface area contributed by atoms with E-state index in [1.807, 2.05) is 40.4 Å². The van der Waals surface area contributed by atoms with Gasteiger partial charge in [0, 0.05) is 12.1 Å². The Morgan fingerprint density at radius 1 is 1.11 bits per heavy atom. The van der Waals surface area contributed by atoms with Crippen LogP contribution in [-0.4, -0.2) is 22.9 Å². The van der Waals surface area contributed by atoms with Crippen molar-refractivity contribution in [3.05, 3.63) is 0 Å². The summed E-state index contributed by atoms with van der Waals surface area (Å²) in [7, 11) is -3.40. The summed E-state index contributed by atoms with van der Waals surface area (Å²) < 4.78 is 20.0. The van der Waals surface area contributed by atoms with Crippen molar-refractivity contribution in [3.63, 3.8) is 0 Å². The quantitative estimate of drug-likeness (QED) is 0.652. The van der Waals surface area contributed by atoms with E-state index in [9.17, 15) is 9.83 Å². The van der Waals surface area contributed by atoms with Gasteiger partial charge in [-0.2, -0.15) is 5.26 Å². The summed E-state index contributed by atoms with van der Waals surface area (Å²) in [5, 5.41) is 9.26. The van der Waals surface area contributed by atoms with E-state index in [4.69, 9.17) is 4.52 Å². The molecule has 0 rings (SSSR count). The molecule has 0 aromatic heterocycles. The van der Waals surface area contributed by atoms with Crippen molar-refractivity contribution in [2.75, 3.05) is 0 Å². The third kappa shape index (κ3) is 5.10. The van der Waals surface area contributed by atoms with Crippen molar-refractivity contribution >= 4 is 7.52 Å². The fraction of sp³-hybridized carbons (Fsp3) is 0.923. The van der Waals surface area contributed by atoms with Crippen LogP contribution in [0, 0.1) is 17.0 Å². The zero-order valence-electron chi connectivity index (χ0n) is 12.7. The zero-order chi connectivity index (χ0) is 14.5. The fourth-order valence-corrected chi connectivity index (χ4v) is 4.33. The van der Waals surface area contributed by atoms with Crippen molar-refractivity contribution in [1.29, 1.82) is 5.26 Å². The summed E-state index contributed by atoms with van der Waals surface area (Å²) in [5.74, 6) is 2.36. The minimum absolute atomic E-state index is 0.0155. The second-order valence-electron chi connectivity index (χ2n) is 5.73. The van der Waals surface area contributed by atoms with E-state index >= 15 is 0 Å². The first kappa shape index (κ1) is 17.6. The van der Waals surface area contributed by atoms with Crippen LogP contribution < -0.4 is 0 Å². The van der Waals surface area contributed by atoms with Crippen LogP contribution in [0.25, 0.3) is 0 Å². The largest absolute Gasteiger partial charge is 0.371 e. The second-order valence-corrected chi connectivity index (χ2v) is 7.65. The molecule has 0 bridgehead atoms. The minimum Gasteiger partial charge on any atom is -0.304 e. The van der Waals surface area contributed by atoms with E-state index in [-0.39, 0.29) is 18.2 Å². The standard InChI is InChI=1S/C13H27N2O2P/c1-10(2)8-13(7)17-18(16,9-14)15(11(3)4)12(5)6/h10-13H,8H2,1-7H3. The van der Waals surface area contributed by atoms with Crippen LogP contribution in [0.5, 0.6) is 0 Å². The van der Waals surface area contributed by atoms with Crippen LogP contribution in [0.4, 0.5) is 0 Å². The first-order valence-electron chi connectivity index (χ1n) is 6.62. The molecule has 0 N–H and O–H groups in total. The van der Waals surface area contributed by atoms with Gasteiger partial charge in [-0.3, -0.25) is 4.57 Å². The van der Waals surface area contributed by atoms with Crippen molar-refractivity contribution < 1.29 is 9.09 Å². The molecule has 4 nitrogen and oxygen atoms in total. The van der Waals surface area contributed by atoms with Gasteiger partial charge in [0.05, 0.1) is 6.10 Å². The Morgan fingerprint density at radius 2 is 1.56 bits per heavy atom. The van der Waals surface area contributed by atoms with Gasteiger partial charge in [-0.05, 0) is 47.0 Å². The molecular weight excluding hydrogens is 247 g/mol. The van der Waals surface area contributed by atoms with Crippen LogP contribution in [0.3, 0.4) is 0 Å². The minimum atomic E-state index is -3.40. The average Bonchev–Trinajstić information content (AvgIpc) is 2.14. The fourth-order valence-electron chi connectivity index (χ4n) is 2.28. The van der Waals surface area contributed by atoms with Gasteiger partial charge >= 0.3 is 7.52 Å². The summed E-state index contributed by atoms with van der Waals surface area (Å²) >= 11 is 0. The van der Waals surface area contributed by atoms with Gasteiger partial charge in [0.2, 0.25) is 0 Å². The molecule has 0 heterocycles. The highest BCUT2D eigenvalue weighted by Gasteiger charge is 2.37. The molecule has 0 spiro atoms. The number of hydrogen-bond acceptors (Lipinski definition) is 3. The van der Waals surface area contributed by atoms with E-state index in [1.54, 1.807) is 4.67 Å². The summed E-state index contributed by atoms with van der Waals surface area (Å²) in [6.07, 6.45) is 0.630. The molecule has 0 aliphatic rings. The molecule has 0 radical (unpaired) electrons. The third-order valence-electron chi connectivity index (χ3n) is 2.61. The number of hydrogen-bond donors (Lipinski definition) is 0. The van der Waals surface area contributed by atoms with E-state index < -0.39 is 7.52 Å². The Balaban J connectivity index is 5.01. The van der Waals surface area contributed by atoms with E-state index in [2.05, 4.69) is 13.8 Å². The molecule has 0 aliphatic carbocycles. The molecule has 0 aromatic carbocycles. The van der Waals surface area contributed by atoms with Gasteiger partial charge < -0.3 is 4.52 Å². The van der Waals surface area contributed by atoms with Crippen LogP contribution in [0.2, 0.25) is 0 Å². The van der Waals surface area contributed by atoms with Crippen molar-refractivity contribution in [1.82, 2.24) is 4.67 Å². The van der Waals surface area contributed by atoms with Crippen molar-refractivity contribution in [2.45, 2.75) is 73.1 Å². The zero-order valence-corrected chi connectivity index (χ0v) is 13.6. The van der Waals surface area contributed by atoms with Crippen LogP contribution in [0.1, 0.15) is 54.9 Å². The lowest BCUT2D eigenvalue weighted by Gasteiger charge is -2.34. The maximum atomic E-state index is 12.7. The molecule has 0 saturated heterocycles. The lowest BCUT2D eigenvalue weighted by atomic mass is 10.1. The predicted molar refractivity (Wildman–Crippen MR) is 75.3 cm³/mol. The smallest absolute Gasteiger partial charge is 0.304 e. The topological polar surface area (TPSA) is 53.3 Å². The Labute approximate surface area is 112 Å². The van der Waals surface area contributed by atoms with Crippen LogP contribution in [-0.2, 0) is 9.09 Å². The molecule has 0 saturated carbocycles. The van der Waals surface area contributed by atoms with Gasteiger partial charge in [-0.25, -0.2) is 4.67 Å². The molecule has 5 heteroatoms. The van der Waals surface area contributed by atoms with Gasteiger partial charge in [0.25, 0.3) is 0 Å². The Bertz CT molecular complexity index is 326. The highest BCUT2D eigenvalue weighted by molar-refractivity contribution is 7.61. The van der Waals surface area contributed by atoms with Crippen LogP contribution >= 0.6 is 7.52 Å². The van der Waals surface area contributed by atoms with E-state index in [1.165, 1.54) is 0 Å². The van der Waals surface area contributed by atoms with Gasteiger partial charge in [-0.15, -0.1) is 0 Å². The second kappa shape index (κ2) is 7.28. The predicted octanol–water partition coefficient (Wildman–Crippen LogP) is 4.23. The molecular formula is C13H27N2O2P. The monoisotopic (exact) mass is 274 g/mol.